The van der Waals surface area contributed by atoms with Crippen LogP contribution in [0.2, 0.25) is 0 Å². The SMILES string of the molecule is CN1CCN(c2cc(C3=NCc4ccccc43)ccn2)CC1. The van der Waals surface area contributed by atoms with Crippen LogP contribution in [-0.4, -0.2) is 48.8 Å². The van der Waals surface area contributed by atoms with E-state index in [4.69, 9.17) is 4.99 Å². The highest BCUT2D eigenvalue weighted by Crippen LogP contribution is 2.24. The lowest BCUT2D eigenvalue weighted by Gasteiger charge is -2.33. The summed E-state index contributed by atoms with van der Waals surface area (Å²) in [6.07, 6.45) is 1.91. The zero-order valence-electron chi connectivity index (χ0n) is 12.9. The molecule has 0 radical (unpaired) electrons. The number of benzene rings is 1. The lowest BCUT2D eigenvalue weighted by atomic mass is 10.0. The summed E-state index contributed by atoms with van der Waals surface area (Å²) in [4.78, 5) is 14.0. The highest BCUT2D eigenvalue weighted by atomic mass is 15.3. The van der Waals surface area contributed by atoms with Crippen LogP contribution < -0.4 is 4.90 Å². The van der Waals surface area contributed by atoms with Crippen molar-refractivity contribution < 1.29 is 0 Å². The smallest absolute Gasteiger partial charge is 0.129 e. The first kappa shape index (κ1) is 13.5. The van der Waals surface area contributed by atoms with Crippen molar-refractivity contribution in [2.24, 2.45) is 4.99 Å². The van der Waals surface area contributed by atoms with E-state index in [1.807, 2.05) is 6.20 Å². The molecule has 2 aromatic rings. The molecule has 3 heterocycles. The van der Waals surface area contributed by atoms with Gasteiger partial charge in [0.1, 0.15) is 5.82 Å². The first-order valence-corrected chi connectivity index (χ1v) is 7.84. The molecule has 0 saturated carbocycles. The molecule has 0 spiro atoms. The van der Waals surface area contributed by atoms with Crippen LogP contribution in [0.5, 0.6) is 0 Å². The van der Waals surface area contributed by atoms with Crippen molar-refractivity contribution in [2.45, 2.75) is 6.54 Å². The number of hydrogen-bond donors (Lipinski definition) is 0. The molecule has 4 nitrogen and oxygen atoms in total. The largest absolute Gasteiger partial charge is 0.354 e. The number of rotatable bonds is 2. The standard InChI is InChI=1S/C18H20N4/c1-21-8-10-22(11-9-21)17-12-14(6-7-19-17)18-16-5-3-2-4-15(16)13-20-18/h2-7,12H,8-11,13H2,1H3. The molecule has 2 aliphatic rings. The van der Waals surface area contributed by atoms with E-state index in [0.29, 0.717) is 0 Å². The predicted molar refractivity (Wildman–Crippen MR) is 89.7 cm³/mol. The van der Waals surface area contributed by atoms with Gasteiger partial charge in [-0.1, -0.05) is 24.3 Å². The van der Waals surface area contributed by atoms with Gasteiger partial charge in [-0.3, -0.25) is 4.99 Å². The van der Waals surface area contributed by atoms with Gasteiger partial charge in [-0.15, -0.1) is 0 Å². The summed E-state index contributed by atoms with van der Waals surface area (Å²) in [5, 5.41) is 0. The van der Waals surface area contributed by atoms with Gasteiger partial charge in [-0.25, -0.2) is 4.98 Å². The maximum atomic E-state index is 4.73. The second kappa shape index (κ2) is 5.54. The molecular formula is C18H20N4. The molecular weight excluding hydrogens is 272 g/mol. The molecule has 0 N–H and O–H groups in total. The highest BCUT2D eigenvalue weighted by molar-refractivity contribution is 6.15. The van der Waals surface area contributed by atoms with E-state index in [-0.39, 0.29) is 0 Å². The molecule has 4 heteroatoms. The number of anilines is 1. The van der Waals surface area contributed by atoms with E-state index in [9.17, 15) is 0 Å². The summed E-state index contributed by atoms with van der Waals surface area (Å²) in [6.45, 7) is 5.05. The molecule has 0 bridgehead atoms. The molecule has 4 rings (SSSR count). The number of likely N-dealkylation sites (N-methyl/N-ethyl adjacent to an activating group) is 1. The quantitative estimate of drug-likeness (QED) is 0.850. The molecule has 22 heavy (non-hydrogen) atoms. The maximum absolute atomic E-state index is 4.73. The zero-order valence-corrected chi connectivity index (χ0v) is 12.9. The van der Waals surface area contributed by atoms with Crippen molar-refractivity contribution in [3.05, 3.63) is 59.3 Å². The van der Waals surface area contributed by atoms with Crippen LogP contribution in [0.4, 0.5) is 5.82 Å². The van der Waals surface area contributed by atoms with E-state index in [2.05, 4.69) is 58.2 Å². The third kappa shape index (κ3) is 2.40. The molecule has 112 valence electrons. The van der Waals surface area contributed by atoms with Crippen molar-refractivity contribution in [3.8, 4) is 0 Å². The van der Waals surface area contributed by atoms with E-state index < -0.39 is 0 Å². The number of pyridine rings is 1. The van der Waals surface area contributed by atoms with Crippen LogP contribution in [-0.2, 0) is 6.54 Å². The van der Waals surface area contributed by atoms with Crippen molar-refractivity contribution in [1.82, 2.24) is 9.88 Å². The van der Waals surface area contributed by atoms with Crippen molar-refractivity contribution in [1.29, 1.82) is 0 Å². The minimum atomic E-state index is 0.789. The Morgan fingerprint density at radius 2 is 1.82 bits per heavy atom. The van der Waals surface area contributed by atoms with Crippen LogP contribution in [0.1, 0.15) is 16.7 Å². The first-order chi connectivity index (χ1) is 10.8. The number of nitrogens with zero attached hydrogens (tertiary/aromatic N) is 4. The van der Waals surface area contributed by atoms with Gasteiger partial charge in [0, 0.05) is 43.5 Å². The van der Waals surface area contributed by atoms with Gasteiger partial charge >= 0.3 is 0 Å². The van der Waals surface area contributed by atoms with Gasteiger partial charge in [0.05, 0.1) is 12.3 Å². The van der Waals surface area contributed by atoms with E-state index in [1.54, 1.807) is 0 Å². The third-order valence-corrected chi connectivity index (χ3v) is 4.53. The Morgan fingerprint density at radius 1 is 1.00 bits per heavy atom. The molecule has 0 atom stereocenters. The number of hydrogen-bond acceptors (Lipinski definition) is 4. The lowest BCUT2D eigenvalue weighted by molar-refractivity contribution is 0.312. The fourth-order valence-electron chi connectivity index (χ4n) is 3.16. The molecule has 0 aliphatic carbocycles. The topological polar surface area (TPSA) is 31.7 Å². The Kier molecular flexibility index (Phi) is 3.39. The van der Waals surface area contributed by atoms with Gasteiger partial charge in [0.15, 0.2) is 0 Å². The van der Waals surface area contributed by atoms with Crippen LogP contribution in [0.3, 0.4) is 0 Å². The van der Waals surface area contributed by atoms with Crippen molar-refractivity contribution in [3.63, 3.8) is 0 Å². The number of fused-ring (bicyclic) bond motifs is 1. The summed E-state index contributed by atoms with van der Waals surface area (Å²) in [6, 6.07) is 12.8. The molecule has 1 fully saturated rings. The lowest BCUT2D eigenvalue weighted by Crippen LogP contribution is -2.44. The molecule has 0 unspecified atom stereocenters. The number of aromatic nitrogens is 1. The average Bonchev–Trinajstić information content (AvgIpc) is 3.00. The Bertz CT molecular complexity index is 715. The van der Waals surface area contributed by atoms with Gasteiger partial charge < -0.3 is 9.80 Å². The maximum Gasteiger partial charge on any atom is 0.129 e. The van der Waals surface area contributed by atoms with Gasteiger partial charge in [0.25, 0.3) is 0 Å². The highest BCUT2D eigenvalue weighted by Gasteiger charge is 2.19. The fraction of sp³-hybridized carbons (Fsp3) is 0.333. The Balaban J connectivity index is 1.63. The van der Waals surface area contributed by atoms with Crippen LogP contribution in [0.15, 0.2) is 47.6 Å². The van der Waals surface area contributed by atoms with E-state index in [0.717, 1.165) is 44.3 Å². The minimum Gasteiger partial charge on any atom is -0.354 e. The first-order valence-electron chi connectivity index (χ1n) is 7.84. The second-order valence-corrected chi connectivity index (χ2v) is 6.02. The number of aliphatic imine (C=N–C) groups is 1. The van der Waals surface area contributed by atoms with Gasteiger partial charge in [-0.2, -0.15) is 0 Å². The van der Waals surface area contributed by atoms with Crippen molar-refractivity contribution in [2.75, 3.05) is 38.1 Å². The van der Waals surface area contributed by atoms with E-state index in [1.165, 1.54) is 16.7 Å². The molecule has 1 aromatic carbocycles. The molecule has 1 aromatic heterocycles. The van der Waals surface area contributed by atoms with Crippen LogP contribution in [0, 0.1) is 0 Å². The summed E-state index contributed by atoms with van der Waals surface area (Å²) in [7, 11) is 2.17. The normalized spacial score (nSPS) is 18.2. The summed E-state index contributed by atoms with van der Waals surface area (Å²) >= 11 is 0. The third-order valence-electron chi connectivity index (χ3n) is 4.53. The van der Waals surface area contributed by atoms with E-state index >= 15 is 0 Å². The Hall–Kier alpha value is -2.20. The van der Waals surface area contributed by atoms with Gasteiger partial charge in [-0.05, 0) is 24.7 Å². The van der Waals surface area contributed by atoms with Gasteiger partial charge in [0.2, 0.25) is 0 Å². The Morgan fingerprint density at radius 3 is 2.68 bits per heavy atom. The summed E-state index contributed by atoms with van der Waals surface area (Å²) < 4.78 is 0. The Labute approximate surface area is 131 Å². The molecule has 1 saturated heterocycles. The monoisotopic (exact) mass is 292 g/mol. The molecule has 0 amide bonds. The average molecular weight is 292 g/mol. The minimum absolute atomic E-state index is 0.789. The number of piperazine rings is 1. The summed E-state index contributed by atoms with van der Waals surface area (Å²) in [5.74, 6) is 1.07. The second-order valence-electron chi connectivity index (χ2n) is 6.02. The predicted octanol–water partition coefficient (Wildman–Crippen LogP) is 2.18. The van der Waals surface area contributed by atoms with Crippen molar-refractivity contribution >= 4 is 11.5 Å². The fourth-order valence-corrected chi connectivity index (χ4v) is 3.16. The summed E-state index contributed by atoms with van der Waals surface area (Å²) in [5.41, 5.74) is 4.86. The zero-order chi connectivity index (χ0) is 14.9. The van der Waals surface area contributed by atoms with Crippen LogP contribution in [0.25, 0.3) is 0 Å². The van der Waals surface area contributed by atoms with Crippen LogP contribution >= 0.6 is 0 Å². The molecule has 2 aliphatic heterocycles.